The van der Waals surface area contributed by atoms with Crippen LogP contribution in [0.3, 0.4) is 0 Å². The fraction of sp³-hybridized carbons (Fsp3) is 0.538. The molecular weight excluding hydrogens is 248 g/mol. The van der Waals surface area contributed by atoms with Crippen LogP contribution in [0.25, 0.3) is 0 Å². The van der Waals surface area contributed by atoms with Crippen molar-refractivity contribution in [1.29, 1.82) is 0 Å². The molecule has 4 nitrogen and oxygen atoms in total. The standard InChI is InChI=1S/C13H20N2O2S/c1-9-6-7-11(8-9)15-12-4-3-5-13(10(12)2)18(14,16)17/h3-5,9,11,15H,6-8H2,1-2H3,(H2,14,16,17). The van der Waals surface area contributed by atoms with Crippen LogP contribution in [0.2, 0.25) is 0 Å². The molecule has 3 N–H and O–H groups in total. The first-order chi connectivity index (χ1) is 8.38. The molecule has 0 aromatic heterocycles. The van der Waals surface area contributed by atoms with Gasteiger partial charge in [-0.3, -0.25) is 0 Å². The average molecular weight is 268 g/mol. The second-order valence-electron chi connectivity index (χ2n) is 5.23. The Kier molecular flexibility index (Phi) is 3.64. The second-order valence-corrected chi connectivity index (χ2v) is 6.76. The van der Waals surface area contributed by atoms with Gasteiger partial charge in [-0.1, -0.05) is 13.0 Å². The quantitative estimate of drug-likeness (QED) is 0.883. The van der Waals surface area contributed by atoms with Gasteiger partial charge < -0.3 is 5.32 Å². The van der Waals surface area contributed by atoms with Crippen LogP contribution in [0.5, 0.6) is 0 Å². The summed E-state index contributed by atoms with van der Waals surface area (Å²) in [4.78, 5) is 0.207. The summed E-state index contributed by atoms with van der Waals surface area (Å²) in [5.74, 6) is 0.740. The Labute approximate surface area is 109 Å². The Morgan fingerprint density at radius 3 is 2.61 bits per heavy atom. The molecule has 0 spiro atoms. The van der Waals surface area contributed by atoms with Crippen LogP contribution in [-0.4, -0.2) is 14.5 Å². The van der Waals surface area contributed by atoms with Crippen LogP contribution in [0.15, 0.2) is 23.1 Å². The summed E-state index contributed by atoms with van der Waals surface area (Å²) in [5, 5.41) is 8.63. The van der Waals surface area contributed by atoms with Crippen molar-refractivity contribution in [2.75, 3.05) is 5.32 Å². The van der Waals surface area contributed by atoms with E-state index in [0.717, 1.165) is 24.4 Å². The first-order valence-electron chi connectivity index (χ1n) is 6.27. The van der Waals surface area contributed by atoms with Gasteiger partial charge in [0.1, 0.15) is 0 Å². The lowest BCUT2D eigenvalue weighted by Crippen LogP contribution is -2.18. The zero-order valence-corrected chi connectivity index (χ0v) is 11.6. The number of anilines is 1. The summed E-state index contributed by atoms with van der Waals surface area (Å²) in [7, 11) is -3.64. The van der Waals surface area contributed by atoms with Crippen LogP contribution >= 0.6 is 0 Å². The number of nitrogens with one attached hydrogen (secondary N) is 1. The second kappa shape index (κ2) is 4.90. The zero-order valence-electron chi connectivity index (χ0n) is 10.8. The molecule has 2 atom stereocenters. The molecule has 1 aromatic carbocycles. The maximum atomic E-state index is 11.4. The van der Waals surface area contributed by atoms with E-state index >= 15 is 0 Å². The van der Waals surface area contributed by atoms with Crippen molar-refractivity contribution in [1.82, 2.24) is 0 Å². The Morgan fingerprint density at radius 2 is 2.06 bits per heavy atom. The fourth-order valence-corrected chi connectivity index (χ4v) is 3.44. The van der Waals surface area contributed by atoms with Crippen molar-refractivity contribution in [2.24, 2.45) is 11.1 Å². The van der Waals surface area contributed by atoms with Gasteiger partial charge in [-0.25, -0.2) is 13.6 Å². The van der Waals surface area contributed by atoms with Crippen LogP contribution in [0.4, 0.5) is 5.69 Å². The third kappa shape index (κ3) is 2.84. The molecule has 0 radical (unpaired) electrons. The van der Waals surface area contributed by atoms with E-state index in [1.54, 1.807) is 19.1 Å². The molecule has 18 heavy (non-hydrogen) atoms. The lowest BCUT2D eigenvalue weighted by Gasteiger charge is -2.17. The van der Waals surface area contributed by atoms with Gasteiger partial charge in [0.25, 0.3) is 0 Å². The number of hydrogen-bond acceptors (Lipinski definition) is 3. The van der Waals surface area contributed by atoms with E-state index in [1.165, 1.54) is 6.42 Å². The summed E-state index contributed by atoms with van der Waals surface area (Å²) in [6, 6.07) is 5.63. The third-order valence-corrected chi connectivity index (χ3v) is 4.70. The van der Waals surface area contributed by atoms with Gasteiger partial charge in [-0.05, 0) is 49.8 Å². The molecule has 1 aliphatic rings. The molecule has 1 saturated carbocycles. The number of sulfonamides is 1. The number of hydrogen-bond donors (Lipinski definition) is 2. The molecule has 0 heterocycles. The smallest absolute Gasteiger partial charge is 0.238 e. The number of rotatable bonds is 3. The average Bonchev–Trinajstić information content (AvgIpc) is 2.65. The van der Waals surface area contributed by atoms with Crippen LogP contribution in [0.1, 0.15) is 31.7 Å². The summed E-state index contributed by atoms with van der Waals surface area (Å²) < 4.78 is 22.9. The lowest BCUT2D eigenvalue weighted by atomic mass is 10.1. The van der Waals surface area contributed by atoms with Crippen molar-refractivity contribution in [2.45, 2.75) is 44.0 Å². The predicted molar refractivity (Wildman–Crippen MR) is 73.0 cm³/mol. The lowest BCUT2D eigenvalue weighted by molar-refractivity contribution is 0.596. The maximum Gasteiger partial charge on any atom is 0.238 e. The van der Waals surface area contributed by atoms with E-state index in [1.807, 2.05) is 6.07 Å². The molecule has 1 aliphatic carbocycles. The summed E-state index contributed by atoms with van der Waals surface area (Å²) in [6.07, 6.45) is 3.50. The molecular formula is C13H20N2O2S. The topological polar surface area (TPSA) is 72.2 Å². The Balaban J connectivity index is 2.24. The van der Waals surface area contributed by atoms with Crippen molar-refractivity contribution >= 4 is 15.7 Å². The highest BCUT2D eigenvalue weighted by atomic mass is 32.2. The largest absolute Gasteiger partial charge is 0.382 e. The number of primary sulfonamides is 1. The van der Waals surface area contributed by atoms with Crippen LogP contribution in [-0.2, 0) is 10.0 Å². The van der Waals surface area contributed by atoms with Gasteiger partial charge in [-0.15, -0.1) is 0 Å². The third-order valence-electron chi connectivity index (χ3n) is 3.65. The molecule has 100 valence electrons. The molecule has 0 aliphatic heterocycles. The van der Waals surface area contributed by atoms with Crippen molar-refractivity contribution in [3.63, 3.8) is 0 Å². The van der Waals surface area contributed by atoms with Crippen LogP contribution in [0, 0.1) is 12.8 Å². The van der Waals surface area contributed by atoms with Gasteiger partial charge in [0.05, 0.1) is 4.90 Å². The first-order valence-corrected chi connectivity index (χ1v) is 7.81. The van der Waals surface area contributed by atoms with E-state index < -0.39 is 10.0 Å². The van der Waals surface area contributed by atoms with Crippen molar-refractivity contribution in [3.05, 3.63) is 23.8 Å². The fourth-order valence-electron chi connectivity index (χ4n) is 2.64. The zero-order chi connectivity index (χ0) is 13.3. The van der Waals surface area contributed by atoms with Gasteiger partial charge in [0.2, 0.25) is 10.0 Å². The minimum Gasteiger partial charge on any atom is -0.382 e. The van der Waals surface area contributed by atoms with E-state index in [0.29, 0.717) is 11.6 Å². The SMILES string of the molecule is Cc1c(NC2CCC(C)C2)cccc1S(N)(=O)=O. The first kappa shape index (κ1) is 13.4. The van der Waals surface area contributed by atoms with Gasteiger partial charge in [0.15, 0.2) is 0 Å². The number of benzene rings is 1. The Morgan fingerprint density at radius 1 is 1.33 bits per heavy atom. The molecule has 0 amide bonds. The molecule has 1 fully saturated rings. The molecule has 0 saturated heterocycles. The van der Waals surface area contributed by atoms with E-state index in [2.05, 4.69) is 12.2 Å². The Bertz CT molecular complexity index is 540. The molecule has 2 rings (SSSR count). The molecule has 0 bridgehead atoms. The minimum atomic E-state index is -3.64. The highest BCUT2D eigenvalue weighted by molar-refractivity contribution is 7.89. The minimum absolute atomic E-state index is 0.207. The van der Waals surface area contributed by atoms with Crippen LogP contribution < -0.4 is 10.5 Å². The van der Waals surface area contributed by atoms with Crippen molar-refractivity contribution in [3.8, 4) is 0 Å². The number of nitrogens with two attached hydrogens (primary N) is 1. The van der Waals surface area contributed by atoms with E-state index in [-0.39, 0.29) is 4.90 Å². The van der Waals surface area contributed by atoms with Gasteiger partial charge in [-0.2, -0.15) is 0 Å². The van der Waals surface area contributed by atoms with Crippen molar-refractivity contribution < 1.29 is 8.42 Å². The summed E-state index contributed by atoms with van der Waals surface area (Å²) in [6.45, 7) is 4.04. The highest BCUT2D eigenvalue weighted by Gasteiger charge is 2.22. The Hall–Kier alpha value is -1.07. The van der Waals surface area contributed by atoms with Gasteiger partial charge >= 0.3 is 0 Å². The summed E-state index contributed by atoms with van der Waals surface area (Å²) >= 11 is 0. The van der Waals surface area contributed by atoms with E-state index in [4.69, 9.17) is 5.14 Å². The highest BCUT2D eigenvalue weighted by Crippen LogP contribution is 2.29. The van der Waals surface area contributed by atoms with Gasteiger partial charge in [0, 0.05) is 11.7 Å². The molecule has 5 heteroatoms. The predicted octanol–water partition coefficient (Wildman–Crippen LogP) is 2.24. The summed E-state index contributed by atoms with van der Waals surface area (Å²) in [5.41, 5.74) is 1.58. The normalized spacial score (nSPS) is 24.2. The molecule has 2 unspecified atom stereocenters. The maximum absolute atomic E-state index is 11.4. The molecule has 1 aromatic rings. The monoisotopic (exact) mass is 268 g/mol. The van der Waals surface area contributed by atoms with E-state index in [9.17, 15) is 8.42 Å².